The minimum absolute atomic E-state index is 0.271. The van der Waals surface area contributed by atoms with Crippen molar-refractivity contribution in [1.82, 2.24) is 4.90 Å². The van der Waals surface area contributed by atoms with Gasteiger partial charge in [0, 0.05) is 32.3 Å². The van der Waals surface area contributed by atoms with Gasteiger partial charge >= 0.3 is 0 Å². The van der Waals surface area contributed by atoms with E-state index < -0.39 is 0 Å². The number of nitrogens with two attached hydrogens (primary N) is 1. The fraction of sp³-hybridized carbons (Fsp3) is 0.929. The van der Waals surface area contributed by atoms with E-state index in [4.69, 9.17) is 10.5 Å². The van der Waals surface area contributed by atoms with Crippen LogP contribution in [0.25, 0.3) is 0 Å². The maximum atomic E-state index is 12.9. The lowest BCUT2D eigenvalue weighted by Crippen LogP contribution is -2.56. The highest BCUT2D eigenvalue weighted by Crippen LogP contribution is 2.34. The monoisotopic (exact) mass is 254 g/mol. The molecule has 2 saturated heterocycles. The SMILES string of the molecule is CC1CCCN(C(=O)C2(CN)CCOCC2)C1C. The molecule has 0 radical (unpaired) electrons. The molecule has 4 nitrogen and oxygen atoms in total. The van der Waals surface area contributed by atoms with E-state index in [1.54, 1.807) is 0 Å². The van der Waals surface area contributed by atoms with Gasteiger partial charge < -0.3 is 15.4 Å². The first-order chi connectivity index (χ1) is 8.60. The number of piperidine rings is 1. The lowest BCUT2D eigenvalue weighted by molar-refractivity contribution is -0.152. The molecule has 0 aliphatic carbocycles. The van der Waals surface area contributed by atoms with Crippen molar-refractivity contribution < 1.29 is 9.53 Å². The fourth-order valence-electron chi connectivity index (χ4n) is 3.19. The van der Waals surface area contributed by atoms with E-state index >= 15 is 0 Å². The number of carbonyl (C=O) groups excluding carboxylic acids is 1. The normalized spacial score (nSPS) is 32.3. The number of ether oxygens (including phenoxy) is 1. The van der Waals surface area contributed by atoms with E-state index in [1.165, 1.54) is 6.42 Å². The van der Waals surface area contributed by atoms with Crippen LogP contribution in [0.3, 0.4) is 0 Å². The summed E-state index contributed by atoms with van der Waals surface area (Å²) in [4.78, 5) is 14.9. The van der Waals surface area contributed by atoms with Gasteiger partial charge in [-0.1, -0.05) is 6.92 Å². The van der Waals surface area contributed by atoms with Crippen molar-refractivity contribution in [1.29, 1.82) is 0 Å². The summed E-state index contributed by atoms with van der Waals surface area (Å²) in [5, 5.41) is 0. The van der Waals surface area contributed by atoms with E-state index in [1.807, 2.05) is 0 Å². The minimum Gasteiger partial charge on any atom is -0.381 e. The molecule has 0 aromatic heterocycles. The standard InChI is InChI=1S/C14H26N2O2/c1-11-4-3-7-16(12(11)2)13(17)14(10-15)5-8-18-9-6-14/h11-12H,3-10,15H2,1-2H3. The lowest BCUT2D eigenvalue weighted by atomic mass is 9.77. The average molecular weight is 254 g/mol. The van der Waals surface area contributed by atoms with E-state index in [2.05, 4.69) is 18.7 Å². The number of carbonyl (C=O) groups is 1. The molecule has 0 bridgehead atoms. The number of nitrogens with zero attached hydrogens (tertiary/aromatic N) is 1. The Morgan fingerprint density at radius 2 is 2.06 bits per heavy atom. The summed E-state index contributed by atoms with van der Waals surface area (Å²) in [6.45, 7) is 7.09. The molecule has 4 heteroatoms. The maximum absolute atomic E-state index is 12.9. The van der Waals surface area contributed by atoms with Crippen molar-refractivity contribution >= 4 is 5.91 Å². The molecular formula is C14H26N2O2. The third-order valence-corrected chi connectivity index (χ3v) is 4.93. The molecule has 1 amide bonds. The van der Waals surface area contributed by atoms with Crippen LogP contribution in [0.2, 0.25) is 0 Å². The molecular weight excluding hydrogens is 228 g/mol. The molecule has 2 N–H and O–H groups in total. The zero-order chi connectivity index (χ0) is 13.2. The quantitative estimate of drug-likeness (QED) is 0.810. The predicted molar refractivity (Wildman–Crippen MR) is 71.1 cm³/mol. The summed E-state index contributed by atoms with van der Waals surface area (Å²) >= 11 is 0. The molecule has 0 aromatic carbocycles. The van der Waals surface area contributed by atoms with Crippen molar-refractivity contribution in [3.63, 3.8) is 0 Å². The molecule has 2 aliphatic heterocycles. The summed E-state index contributed by atoms with van der Waals surface area (Å²) in [6.07, 6.45) is 3.90. The van der Waals surface area contributed by atoms with Gasteiger partial charge in [-0.2, -0.15) is 0 Å². The topological polar surface area (TPSA) is 55.6 Å². The smallest absolute Gasteiger partial charge is 0.230 e. The Kier molecular flexibility index (Phi) is 4.28. The number of rotatable bonds is 2. The highest BCUT2D eigenvalue weighted by atomic mass is 16.5. The first-order valence-corrected chi connectivity index (χ1v) is 7.19. The molecule has 2 heterocycles. The second kappa shape index (κ2) is 5.57. The second-order valence-corrected chi connectivity index (χ2v) is 5.96. The van der Waals surface area contributed by atoms with Crippen molar-refractivity contribution in [3.05, 3.63) is 0 Å². The van der Waals surface area contributed by atoms with Crippen LogP contribution >= 0.6 is 0 Å². The van der Waals surface area contributed by atoms with Gasteiger partial charge in [0.25, 0.3) is 0 Å². The first kappa shape index (κ1) is 13.8. The molecule has 2 atom stereocenters. The molecule has 2 unspecified atom stereocenters. The maximum Gasteiger partial charge on any atom is 0.230 e. The van der Waals surface area contributed by atoms with Crippen LogP contribution in [-0.2, 0) is 9.53 Å². The summed E-state index contributed by atoms with van der Waals surface area (Å²) in [6, 6.07) is 0.345. The Labute approximate surface area is 110 Å². The summed E-state index contributed by atoms with van der Waals surface area (Å²) in [7, 11) is 0. The van der Waals surface area contributed by atoms with Gasteiger partial charge in [0.2, 0.25) is 5.91 Å². The highest BCUT2D eigenvalue weighted by molar-refractivity contribution is 5.83. The van der Waals surface area contributed by atoms with Crippen LogP contribution < -0.4 is 5.73 Å². The third-order valence-electron chi connectivity index (χ3n) is 4.93. The molecule has 18 heavy (non-hydrogen) atoms. The highest BCUT2D eigenvalue weighted by Gasteiger charge is 2.43. The van der Waals surface area contributed by atoms with E-state index in [-0.39, 0.29) is 11.3 Å². The van der Waals surface area contributed by atoms with E-state index in [0.717, 1.165) is 25.8 Å². The lowest BCUT2D eigenvalue weighted by Gasteiger charge is -2.45. The van der Waals surface area contributed by atoms with Crippen LogP contribution in [0.5, 0.6) is 0 Å². The molecule has 2 fully saturated rings. The third kappa shape index (κ3) is 2.41. The van der Waals surface area contributed by atoms with Gasteiger partial charge in [0.05, 0.1) is 5.41 Å². The molecule has 104 valence electrons. The summed E-state index contributed by atoms with van der Waals surface area (Å²) in [5.41, 5.74) is 5.57. The Balaban J connectivity index is 2.12. The van der Waals surface area contributed by atoms with E-state index in [0.29, 0.717) is 31.7 Å². The van der Waals surface area contributed by atoms with Crippen LogP contribution in [-0.4, -0.2) is 43.2 Å². The van der Waals surface area contributed by atoms with Gasteiger partial charge in [-0.05, 0) is 38.5 Å². The van der Waals surface area contributed by atoms with Crippen molar-refractivity contribution in [2.24, 2.45) is 17.1 Å². The zero-order valence-electron chi connectivity index (χ0n) is 11.7. The minimum atomic E-state index is -0.358. The Bertz CT molecular complexity index is 300. The van der Waals surface area contributed by atoms with Gasteiger partial charge in [-0.25, -0.2) is 0 Å². The number of hydrogen-bond donors (Lipinski definition) is 1. The Morgan fingerprint density at radius 1 is 1.39 bits per heavy atom. The number of amides is 1. The summed E-state index contributed by atoms with van der Waals surface area (Å²) < 4.78 is 5.39. The fourth-order valence-corrected chi connectivity index (χ4v) is 3.19. The van der Waals surface area contributed by atoms with Gasteiger partial charge in [-0.15, -0.1) is 0 Å². The van der Waals surface area contributed by atoms with E-state index in [9.17, 15) is 4.79 Å². The Hall–Kier alpha value is -0.610. The predicted octanol–water partition coefficient (Wildman–Crippen LogP) is 1.39. The zero-order valence-corrected chi connectivity index (χ0v) is 11.7. The van der Waals surface area contributed by atoms with Gasteiger partial charge in [-0.3, -0.25) is 4.79 Å². The van der Waals surface area contributed by atoms with Crippen LogP contribution in [0.4, 0.5) is 0 Å². The molecule has 0 spiro atoms. The average Bonchev–Trinajstić information content (AvgIpc) is 2.42. The van der Waals surface area contributed by atoms with Crippen molar-refractivity contribution in [2.75, 3.05) is 26.3 Å². The van der Waals surface area contributed by atoms with Crippen LogP contribution in [0.15, 0.2) is 0 Å². The molecule has 2 rings (SSSR count). The van der Waals surface area contributed by atoms with Crippen molar-refractivity contribution in [2.45, 2.75) is 45.6 Å². The summed E-state index contributed by atoms with van der Waals surface area (Å²) in [5.74, 6) is 0.865. The van der Waals surface area contributed by atoms with Crippen molar-refractivity contribution in [3.8, 4) is 0 Å². The Morgan fingerprint density at radius 3 is 2.67 bits per heavy atom. The number of hydrogen-bond acceptors (Lipinski definition) is 3. The van der Waals surface area contributed by atoms with Crippen LogP contribution in [0.1, 0.15) is 39.5 Å². The largest absolute Gasteiger partial charge is 0.381 e. The number of likely N-dealkylation sites (tertiary alicyclic amines) is 1. The molecule has 2 aliphatic rings. The molecule has 0 aromatic rings. The van der Waals surface area contributed by atoms with Crippen LogP contribution in [0, 0.1) is 11.3 Å². The van der Waals surface area contributed by atoms with Gasteiger partial charge in [0.1, 0.15) is 0 Å². The first-order valence-electron chi connectivity index (χ1n) is 7.19. The molecule has 0 saturated carbocycles. The van der Waals surface area contributed by atoms with Gasteiger partial charge in [0.15, 0.2) is 0 Å². The second-order valence-electron chi connectivity index (χ2n) is 5.96.